The van der Waals surface area contributed by atoms with Gasteiger partial charge in [-0.05, 0) is 26.0 Å². The van der Waals surface area contributed by atoms with Crippen LogP contribution >= 0.6 is 0 Å². The van der Waals surface area contributed by atoms with Gasteiger partial charge in [0, 0.05) is 6.92 Å². The fraction of sp³-hybridized carbons (Fsp3) is 0.273. The first-order valence-corrected chi connectivity index (χ1v) is 4.22. The van der Waals surface area contributed by atoms with Crippen LogP contribution < -0.4 is 0 Å². The molecule has 0 amide bonds. The Morgan fingerprint density at radius 2 is 1.69 bits per heavy atom. The fourth-order valence-corrected chi connectivity index (χ4v) is 0.892. The molecule has 1 aromatic rings. The normalized spacial score (nSPS) is 11.5. The van der Waals surface area contributed by atoms with Crippen LogP contribution in [0.25, 0.3) is 0 Å². The molecule has 0 aliphatic heterocycles. The molecule has 1 rings (SSSR count). The van der Waals surface area contributed by atoms with Crippen molar-refractivity contribution < 1.29 is 4.79 Å². The molecule has 0 aliphatic rings. The van der Waals surface area contributed by atoms with Crippen molar-refractivity contribution in [3.63, 3.8) is 0 Å². The van der Waals surface area contributed by atoms with Gasteiger partial charge in [-0.1, -0.05) is 17.7 Å². The molecular formula is C11H13NO. The summed E-state index contributed by atoms with van der Waals surface area (Å²) in [6, 6.07) is 7.77. The molecule has 0 heterocycles. The molecule has 0 N–H and O–H groups in total. The van der Waals surface area contributed by atoms with Crippen molar-refractivity contribution in [2.24, 2.45) is 4.99 Å². The maximum Gasteiger partial charge on any atom is 0.173 e. The second-order valence-corrected chi connectivity index (χ2v) is 3.09. The number of rotatable bonds is 2. The minimum absolute atomic E-state index is 0.0144. The lowest BCUT2D eigenvalue weighted by Crippen LogP contribution is -2.03. The Balaban J connectivity index is 2.92. The Hall–Kier alpha value is -1.44. The number of hydrogen-bond acceptors (Lipinski definition) is 2. The van der Waals surface area contributed by atoms with E-state index in [1.807, 2.05) is 31.2 Å². The van der Waals surface area contributed by atoms with Crippen molar-refractivity contribution in [2.75, 3.05) is 0 Å². The van der Waals surface area contributed by atoms with E-state index in [0.29, 0.717) is 5.71 Å². The molecule has 68 valence electrons. The molecule has 2 heteroatoms. The molecule has 0 radical (unpaired) electrons. The summed E-state index contributed by atoms with van der Waals surface area (Å²) in [5.41, 5.74) is 2.57. The van der Waals surface area contributed by atoms with Crippen LogP contribution in [0.3, 0.4) is 0 Å². The molecule has 0 saturated carbocycles. The first-order chi connectivity index (χ1) is 6.09. The summed E-state index contributed by atoms with van der Waals surface area (Å²) in [7, 11) is 0. The van der Waals surface area contributed by atoms with Crippen molar-refractivity contribution in [3.05, 3.63) is 29.8 Å². The zero-order chi connectivity index (χ0) is 9.84. The van der Waals surface area contributed by atoms with Gasteiger partial charge in [0.15, 0.2) is 5.78 Å². The van der Waals surface area contributed by atoms with Crippen LogP contribution in [0.5, 0.6) is 0 Å². The molecular weight excluding hydrogens is 162 g/mol. The van der Waals surface area contributed by atoms with E-state index in [0.717, 1.165) is 5.69 Å². The van der Waals surface area contributed by atoms with Gasteiger partial charge in [-0.3, -0.25) is 9.79 Å². The summed E-state index contributed by atoms with van der Waals surface area (Å²) in [5.74, 6) is 0.0144. The average Bonchev–Trinajstić information content (AvgIpc) is 2.08. The summed E-state index contributed by atoms with van der Waals surface area (Å²) in [6.45, 7) is 5.26. The van der Waals surface area contributed by atoms with Gasteiger partial charge < -0.3 is 0 Å². The number of benzene rings is 1. The molecule has 0 fully saturated rings. The Morgan fingerprint density at radius 1 is 1.15 bits per heavy atom. The summed E-state index contributed by atoms with van der Waals surface area (Å²) < 4.78 is 0. The molecule has 0 atom stereocenters. The van der Waals surface area contributed by atoms with E-state index in [1.165, 1.54) is 12.5 Å². The quantitative estimate of drug-likeness (QED) is 0.635. The minimum atomic E-state index is 0.0144. The Bertz CT molecular complexity index is 336. The first kappa shape index (κ1) is 9.65. The number of Topliss-reactive ketones (excluding diaryl/α,β-unsaturated/α-hetero) is 1. The monoisotopic (exact) mass is 175 g/mol. The van der Waals surface area contributed by atoms with E-state index in [1.54, 1.807) is 6.92 Å². The molecule has 0 saturated heterocycles. The van der Waals surface area contributed by atoms with Crippen molar-refractivity contribution in [1.82, 2.24) is 0 Å². The predicted octanol–water partition coefficient (Wildman–Crippen LogP) is 2.68. The number of aliphatic imine (C=N–C) groups is 1. The third-order valence-corrected chi connectivity index (χ3v) is 1.84. The van der Waals surface area contributed by atoms with Gasteiger partial charge in [0.1, 0.15) is 0 Å². The summed E-state index contributed by atoms with van der Waals surface area (Å²) in [6.07, 6.45) is 0. The molecule has 1 aromatic carbocycles. The van der Waals surface area contributed by atoms with Gasteiger partial charge in [0.2, 0.25) is 0 Å². The predicted molar refractivity (Wildman–Crippen MR) is 54.6 cm³/mol. The Kier molecular flexibility index (Phi) is 2.96. The highest BCUT2D eigenvalue weighted by atomic mass is 16.1. The van der Waals surface area contributed by atoms with Crippen molar-refractivity contribution in [3.8, 4) is 0 Å². The summed E-state index contributed by atoms with van der Waals surface area (Å²) >= 11 is 0. The number of carbonyl (C=O) groups is 1. The third-order valence-electron chi connectivity index (χ3n) is 1.84. The topological polar surface area (TPSA) is 29.4 Å². The molecule has 0 spiro atoms. The smallest absolute Gasteiger partial charge is 0.173 e. The lowest BCUT2D eigenvalue weighted by atomic mass is 10.2. The maximum absolute atomic E-state index is 10.9. The number of carbonyl (C=O) groups excluding carboxylic acids is 1. The van der Waals surface area contributed by atoms with Gasteiger partial charge in [0.25, 0.3) is 0 Å². The second-order valence-electron chi connectivity index (χ2n) is 3.09. The van der Waals surface area contributed by atoms with E-state index in [-0.39, 0.29) is 5.78 Å². The van der Waals surface area contributed by atoms with Gasteiger partial charge in [-0.15, -0.1) is 0 Å². The van der Waals surface area contributed by atoms with Gasteiger partial charge in [0.05, 0.1) is 11.4 Å². The Labute approximate surface area is 78.3 Å². The lowest BCUT2D eigenvalue weighted by molar-refractivity contribution is -0.111. The van der Waals surface area contributed by atoms with Crippen molar-refractivity contribution in [1.29, 1.82) is 0 Å². The van der Waals surface area contributed by atoms with Crippen LogP contribution in [0.4, 0.5) is 5.69 Å². The van der Waals surface area contributed by atoms with Crippen molar-refractivity contribution in [2.45, 2.75) is 20.8 Å². The van der Waals surface area contributed by atoms with E-state index < -0.39 is 0 Å². The molecule has 0 aliphatic carbocycles. The fourth-order valence-electron chi connectivity index (χ4n) is 0.892. The largest absolute Gasteiger partial charge is 0.293 e. The highest BCUT2D eigenvalue weighted by molar-refractivity contribution is 6.38. The first-order valence-electron chi connectivity index (χ1n) is 4.22. The van der Waals surface area contributed by atoms with E-state index >= 15 is 0 Å². The third kappa shape index (κ3) is 2.82. The second kappa shape index (κ2) is 3.99. The zero-order valence-corrected chi connectivity index (χ0v) is 8.16. The molecule has 0 aromatic heterocycles. The molecule has 2 nitrogen and oxygen atoms in total. The highest BCUT2D eigenvalue weighted by Gasteiger charge is 1.97. The number of ketones is 1. The SMILES string of the molecule is CC(=O)C(C)=Nc1ccc(C)cc1. The minimum Gasteiger partial charge on any atom is -0.293 e. The molecule has 0 unspecified atom stereocenters. The van der Waals surface area contributed by atoms with E-state index in [9.17, 15) is 4.79 Å². The van der Waals surface area contributed by atoms with Gasteiger partial charge in [-0.25, -0.2) is 0 Å². The standard InChI is InChI=1S/C11H13NO/c1-8-4-6-11(7-5-8)12-9(2)10(3)13/h4-7H,1-3H3. The maximum atomic E-state index is 10.9. The average molecular weight is 175 g/mol. The van der Waals surface area contributed by atoms with Crippen LogP contribution in [-0.4, -0.2) is 11.5 Å². The Morgan fingerprint density at radius 3 is 2.15 bits per heavy atom. The number of hydrogen-bond donors (Lipinski definition) is 0. The van der Waals surface area contributed by atoms with Gasteiger partial charge in [-0.2, -0.15) is 0 Å². The zero-order valence-electron chi connectivity index (χ0n) is 8.16. The number of aryl methyl sites for hydroxylation is 1. The van der Waals surface area contributed by atoms with E-state index in [2.05, 4.69) is 4.99 Å². The highest BCUT2D eigenvalue weighted by Crippen LogP contribution is 2.12. The van der Waals surface area contributed by atoms with Gasteiger partial charge >= 0.3 is 0 Å². The van der Waals surface area contributed by atoms with E-state index in [4.69, 9.17) is 0 Å². The summed E-state index contributed by atoms with van der Waals surface area (Å²) in [4.78, 5) is 15.1. The summed E-state index contributed by atoms with van der Waals surface area (Å²) in [5, 5.41) is 0. The number of nitrogens with zero attached hydrogens (tertiary/aromatic N) is 1. The van der Waals surface area contributed by atoms with Crippen molar-refractivity contribution >= 4 is 17.2 Å². The van der Waals surface area contributed by atoms with Crippen LogP contribution in [0.1, 0.15) is 19.4 Å². The molecule has 0 bridgehead atoms. The van der Waals surface area contributed by atoms with Crippen LogP contribution in [-0.2, 0) is 4.79 Å². The lowest BCUT2D eigenvalue weighted by Gasteiger charge is -1.96. The van der Waals surface area contributed by atoms with Crippen LogP contribution in [0.2, 0.25) is 0 Å². The molecule has 13 heavy (non-hydrogen) atoms. The van der Waals surface area contributed by atoms with Crippen LogP contribution in [0.15, 0.2) is 29.3 Å². The van der Waals surface area contributed by atoms with Crippen LogP contribution in [0, 0.1) is 6.92 Å².